The Bertz CT molecular complexity index is 225. The van der Waals surface area contributed by atoms with Crippen LogP contribution in [0.3, 0.4) is 0 Å². The third-order valence-electron chi connectivity index (χ3n) is 0.753. The van der Waals surface area contributed by atoms with Gasteiger partial charge in [-0.3, -0.25) is 0 Å². The molecular weight excluding hydrogens is 267 g/mol. The molecule has 56 valence electrons. The zero-order valence-electron chi connectivity index (χ0n) is 5.13. The number of amidine groups is 1. The Morgan fingerprint density at radius 2 is 2.60 bits per heavy atom. The van der Waals surface area contributed by atoms with E-state index in [9.17, 15) is 4.79 Å². The van der Waals surface area contributed by atoms with Crippen LogP contribution in [0.15, 0.2) is 4.99 Å². The fourth-order valence-corrected chi connectivity index (χ4v) is 3.82. The lowest BCUT2D eigenvalue weighted by molar-refractivity contribution is -0.132. The highest BCUT2D eigenvalue weighted by molar-refractivity contribution is 14.2. The molecule has 2 N–H and O–H groups in total. The van der Waals surface area contributed by atoms with Crippen LogP contribution in [0.2, 0.25) is 0 Å². The maximum absolute atomic E-state index is 10.8. The van der Waals surface area contributed by atoms with Crippen molar-refractivity contribution in [2.24, 2.45) is 10.7 Å². The topological polar surface area (TPSA) is 64.7 Å². The molecule has 0 fully saturated rings. The molecule has 0 bridgehead atoms. The van der Waals surface area contributed by atoms with E-state index in [1.807, 2.05) is 0 Å². The number of hydrogen-bond donors (Lipinski definition) is 1. The predicted molar refractivity (Wildman–Crippen MR) is 50.3 cm³/mol. The Balaban J connectivity index is 2.67. The van der Waals surface area contributed by atoms with Crippen LogP contribution in [0.5, 0.6) is 0 Å². The van der Waals surface area contributed by atoms with Gasteiger partial charge in [-0.25, -0.2) is 9.79 Å². The van der Waals surface area contributed by atoms with Crippen molar-refractivity contribution in [3.8, 4) is 0 Å². The maximum atomic E-state index is 10.8. The molecule has 0 aliphatic carbocycles. The van der Waals surface area contributed by atoms with Gasteiger partial charge in [-0.1, -0.05) is 0 Å². The number of hydrogen-bond acceptors (Lipinski definition) is 5. The van der Waals surface area contributed by atoms with Gasteiger partial charge in [0.05, 0.1) is 7.11 Å². The third-order valence-corrected chi connectivity index (χ3v) is 5.17. The van der Waals surface area contributed by atoms with Crippen molar-refractivity contribution in [2.75, 3.05) is 7.11 Å². The highest BCUT2D eigenvalue weighted by atomic mass is 127. The number of halogens is 1. The standard InChI is InChI=1S/C4H5IN2O2S/c1-9-3(8)2-5-10-4(6)7-2/h1H3,(H2,6,7). The van der Waals surface area contributed by atoms with E-state index in [0.29, 0.717) is 8.80 Å². The van der Waals surface area contributed by atoms with Crippen LogP contribution < -0.4 is 5.73 Å². The summed E-state index contributed by atoms with van der Waals surface area (Å²) in [7, 11) is 2.79. The summed E-state index contributed by atoms with van der Waals surface area (Å²) >= 11 is -0.380. The normalized spacial score (nSPS) is 16.9. The number of methoxy groups -OCH3 is 1. The van der Waals surface area contributed by atoms with E-state index in [0.717, 1.165) is 0 Å². The zero-order chi connectivity index (χ0) is 7.56. The van der Waals surface area contributed by atoms with Crippen LogP contribution >= 0.6 is 28.3 Å². The molecule has 0 saturated heterocycles. The largest absolute Gasteiger partial charge is 0.464 e. The van der Waals surface area contributed by atoms with E-state index in [1.165, 1.54) is 16.0 Å². The van der Waals surface area contributed by atoms with Gasteiger partial charge in [0.15, 0.2) is 8.80 Å². The second-order valence-corrected chi connectivity index (χ2v) is 5.78. The van der Waals surface area contributed by atoms with Crippen molar-refractivity contribution in [2.45, 2.75) is 0 Å². The van der Waals surface area contributed by atoms with Gasteiger partial charge >= 0.3 is 5.97 Å². The van der Waals surface area contributed by atoms with E-state index >= 15 is 0 Å². The first-order valence-electron chi connectivity index (χ1n) is 2.35. The van der Waals surface area contributed by atoms with Gasteiger partial charge in [0.1, 0.15) is 0 Å². The first-order valence-corrected chi connectivity index (χ1v) is 6.79. The van der Waals surface area contributed by atoms with Crippen LogP contribution in [0.25, 0.3) is 0 Å². The molecule has 0 aromatic rings. The molecule has 1 aliphatic heterocycles. The Kier molecular flexibility index (Phi) is 2.66. The van der Waals surface area contributed by atoms with Gasteiger partial charge in [-0.05, 0) is 28.3 Å². The molecule has 10 heavy (non-hydrogen) atoms. The van der Waals surface area contributed by atoms with Crippen molar-refractivity contribution >= 4 is 43.0 Å². The molecule has 6 heteroatoms. The molecule has 0 aromatic heterocycles. The van der Waals surface area contributed by atoms with Crippen LogP contribution in [0.4, 0.5) is 0 Å². The third kappa shape index (κ3) is 1.69. The van der Waals surface area contributed by atoms with E-state index in [2.05, 4.69) is 9.73 Å². The molecule has 4 nitrogen and oxygen atoms in total. The summed E-state index contributed by atoms with van der Waals surface area (Å²) in [5.74, 6) is -0.347. The van der Waals surface area contributed by atoms with Crippen LogP contribution in [-0.4, -0.2) is 21.9 Å². The molecule has 0 aromatic carbocycles. The summed E-state index contributed by atoms with van der Waals surface area (Å²) in [6, 6.07) is 0. The minimum absolute atomic E-state index is 0.347. The first kappa shape index (κ1) is 7.99. The van der Waals surface area contributed by atoms with Crippen LogP contribution in [0, 0.1) is 0 Å². The highest BCUT2D eigenvalue weighted by Gasteiger charge is 2.15. The summed E-state index contributed by atoms with van der Waals surface area (Å²) in [4.78, 5) is 14.6. The molecule has 1 aliphatic rings. The average Bonchev–Trinajstić information content (AvgIpc) is 2.34. The van der Waals surface area contributed by atoms with E-state index in [1.54, 1.807) is 0 Å². The molecule has 0 atom stereocenters. The molecule has 0 radical (unpaired) electrons. The smallest absolute Gasteiger partial charge is 0.363 e. The number of esters is 1. The van der Waals surface area contributed by atoms with E-state index in [-0.39, 0.29) is 25.3 Å². The van der Waals surface area contributed by atoms with Gasteiger partial charge in [0.2, 0.25) is 0 Å². The number of rotatable bonds is 1. The second-order valence-electron chi connectivity index (χ2n) is 1.39. The summed E-state index contributed by atoms with van der Waals surface area (Å²) in [6.45, 7) is 0. The van der Waals surface area contributed by atoms with Crippen LogP contribution in [-0.2, 0) is 9.53 Å². The lowest BCUT2D eigenvalue weighted by Gasteiger charge is -1.91. The Morgan fingerprint density at radius 1 is 1.90 bits per heavy atom. The Hall–Kier alpha value is -0.110. The van der Waals surface area contributed by atoms with Gasteiger partial charge in [-0.2, -0.15) is 0 Å². The Labute approximate surface area is 70.4 Å². The quantitative estimate of drug-likeness (QED) is 0.548. The first-order chi connectivity index (χ1) is 4.74. The van der Waals surface area contributed by atoms with Crippen molar-refractivity contribution < 1.29 is 9.53 Å². The van der Waals surface area contributed by atoms with Crippen molar-refractivity contribution in [1.29, 1.82) is 0 Å². The zero-order valence-corrected chi connectivity index (χ0v) is 8.10. The molecule has 0 saturated carbocycles. The number of nitrogens with two attached hydrogens (primary N) is 1. The fourth-order valence-electron chi connectivity index (χ4n) is 0.369. The van der Waals surface area contributed by atoms with Gasteiger partial charge < -0.3 is 10.5 Å². The minimum atomic E-state index is -0.380. The summed E-state index contributed by atoms with van der Waals surface area (Å²) in [5, 5.41) is 0.480. The summed E-state index contributed by atoms with van der Waals surface area (Å²) in [6.07, 6.45) is 0. The number of carbonyl (C=O) groups is 1. The highest BCUT2D eigenvalue weighted by Crippen LogP contribution is 2.28. The SMILES string of the molecule is COC(=O)C1=ISC(N)=N1. The maximum Gasteiger partial charge on any atom is 0.363 e. The molecule has 1 heterocycles. The monoisotopic (exact) mass is 272 g/mol. The number of ether oxygens (including phenoxy) is 1. The fraction of sp³-hybridized carbons (Fsp3) is 0.250. The number of carbonyl (C=O) groups excluding carboxylic acids is 1. The van der Waals surface area contributed by atoms with E-state index in [4.69, 9.17) is 5.73 Å². The van der Waals surface area contributed by atoms with Crippen molar-refractivity contribution in [1.82, 2.24) is 0 Å². The molecule has 0 spiro atoms. The van der Waals surface area contributed by atoms with Crippen molar-refractivity contribution in [3.05, 3.63) is 0 Å². The van der Waals surface area contributed by atoms with E-state index < -0.39 is 0 Å². The number of nitrogens with zero attached hydrogens (tertiary/aromatic N) is 1. The molecule has 0 amide bonds. The lowest BCUT2D eigenvalue weighted by Crippen LogP contribution is -2.12. The number of aliphatic imine (C=N–C) groups is 1. The second kappa shape index (κ2) is 3.33. The van der Waals surface area contributed by atoms with Crippen molar-refractivity contribution in [3.63, 3.8) is 0 Å². The summed E-state index contributed by atoms with van der Waals surface area (Å²) in [5.41, 5.74) is 5.33. The average molecular weight is 272 g/mol. The molecular formula is C4H5IN2O2S. The summed E-state index contributed by atoms with van der Waals surface area (Å²) < 4.78 is 4.96. The van der Waals surface area contributed by atoms with Gasteiger partial charge in [0, 0.05) is 0 Å². The van der Waals surface area contributed by atoms with Gasteiger partial charge in [0.25, 0.3) is 0 Å². The minimum Gasteiger partial charge on any atom is -0.464 e. The lowest BCUT2D eigenvalue weighted by atomic mass is 10.7. The molecule has 1 rings (SSSR count). The van der Waals surface area contributed by atoms with Crippen LogP contribution in [0.1, 0.15) is 0 Å². The Morgan fingerprint density at radius 3 is 3.00 bits per heavy atom. The van der Waals surface area contributed by atoms with Gasteiger partial charge in [-0.15, -0.1) is 0 Å². The predicted octanol–water partition coefficient (Wildman–Crippen LogP) is 0.237. The molecule has 0 unspecified atom stereocenters.